The van der Waals surface area contributed by atoms with Gasteiger partial charge in [0, 0.05) is 23.7 Å². The summed E-state index contributed by atoms with van der Waals surface area (Å²) in [6.07, 6.45) is 3.52. The van der Waals surface area contributed by atoms with Gasteiger partial charge in [0.1, 0.15) is 5.75 Å². The molecule has 1 aliphatic carbocycles. The van der Waals surface area contributed by atoms with Crippen molar-refractivity contribution in [3.8, 4) is 5.75 Å². The number of ether oxygens (including phenoxy) is 1. The largest absolute Gasteiger partial charge is 0.426 e. The normalized spacial score (nSPS) is 24.5. The predicted molar refractivity (Wildman–Crippen MR) is 127 cm³/mol. The van der Waals surface area contributed by atoms with Crippen LogP contribution in [0, 0.1) is 24.7 Å². The quantitative estimate of drug-likeness (QED) is 0.370. The molecule has 0 radical (unpaired) electrons. The standard InChI is InChI=1S/C26H25ClN2O5/c1-15-11-19(9-10-22(15)29-24(31)20-7-2-3-8-21(20)25(29)32)34-26(33)16-12-23(30)28(14-16)18-6-4-5-17(27)13-18/h4-6,9-11,13,16,20-21H,2-3,7-8,12,14H2,1H3/t16-,20-,21+/m1/s1. The molecule has 0 N–H and O–H groups in total. The molecule has 8 heteroatoms. The van der Waals surface area contributed by atoms with Gasteiger partial charge in [0.15, 0.2) is 0 Å². The van der Waals surface area contributed by atoms with Crippen molar-refractivity contribution < 1.29 is 23.9 Å². The van der Waals surface area contributed by atoms with E-state index in [9.17, 15) is 19.2 Å². The number of carbonyl (C=O) groups excluding carboxylic acids is 4. The number of esters is 1. The molecule has 2 aromatic rings. The number of anilines is 2. The average molecular weight is 481 g/mol. The van der Waals surface area contributed by atoms with Gasteiger partial charge < -0.3 is 9.64 Å². The number of halogens is 1. The van der Waals surface area contributed by atoms with Gasteiger partial charge in [-0.25, -0.2) is 4.90 Å². The van der Waals surface area contributed by atoms with Crippen LogP contribution in [0.3, 0.4) is 0 Å². The highest BCUT2D eigenvalue weighted by atomic mass is 35.5. The van der Waals surface area contributed by atoms with Crippen molar-refractivity contribution in [3.63, 3.8) is 0 Å². The summed E-state index contributed by atoms with van der Waals surface area (Å²) < 4.78 is 5.57. The third kappa shape index (κ3) is 3.98. The first kappa shape index (κ1) is 22.6. The maximum absolute atomic E-state index is 12.9. The Morgan fingerprint density at radius 3 is 2.35 bits per heavy atom. The Morgan fingerprint density at radius 1 is 1.00 bits per heavy atom. The lowest BCUT2D eigenvalue weighted by Gasteiger charge is -2.19. The lowest BCUT2D eigenvalue weighted by atomic mass is 9.81. The summed E-state index contributed by atoms with van der Waals surface area (Å²) in [6, 6.07) is 11.8. The Balaban J connectivity index is 1.28. The minimum absolute atomic E-state index is 0.0575. The molecule has 2 aromatic carbocycles. The Bertz CT molecular complexity index is 1170. The molecule has 2 aliphatic heterocycles. The molecule has 0 bridgehead atoms. The minimum atomic E-state index is -0.601. The van der Waals surface area contributed by atoms with Crippen molar-refractivity contribution >= 4 is 46.7 Å². The zero-order valence-electron chi connectivity index (χ0n) is 18.8. The Labute approximate surface area is 202 Å². The van der Waals surface area contributed by atoms with Crippen LogP contribution >= 0.6 is 11.6 Å². The molecule has 7 nitrogen and oxygen atoms in total. The van der Waals surface area contributed by atoms with Crippen molar-refractivity contribution in [2.75, 3.05) is 16.3 Å². The second-order valence-corrected chi connectivity index (χ2v) is 9.70. The number of nitrogens with zero attached hydrogens (tertiary/aromatic N) is 2. The first-order valence-corrected chi connectivity index (χ1v) is 12.0. The molecule has 3 atom stereocenters. The molecule has 1 saturated carbocycles. The van der Waals surface area contributed by atoms with Gasteiger partial charge in [0.25, 0.3) is 0 Å². The van der Waals surface area contributed by atoms with Crippen LogP contribution in [0.25, 0.3) is 0 Å². The fourth-order valence-corrected chi connectivity index (χ4v) is 5.49. The Morgan fingerprint density at radius 2 is 1.71 bits per heavy atom. The second-order valence-electron chi connectivity index (χ2n) is 9.26. The zero-order valence-corrected chi connectivity index (χ0v) is 19.6. The van der Waals surface area contributed by atoms with Crippen LogP contribution < -0.4 is 14.5 Å². The fourth-order valence-electron chi connectivity index (χ4n) is 5.30. The van der Waals surface area contributed by atoms with Crippen LogP contribution in [-0.4, -0.2) is 30.2 Å². The van der Waals surface area contributed by atoms with Crippen molar-refractivity contribution in [1.82, 2.24) is 0 Å². The molecule has 0 unspecified atom stereocenters. The molecule has 2 saturated heterocycles. The smallest absolute Gasteiger partial charge is 0.316 e. The zero-order chi connectivity index (χ0) is 24.0. The van der Waals surface area contributed by atoms with Crippen LogP contribution in [0.15, 0.2) is 42.5 Å². The summed E-state index contributed by atoms with van der Waals surface area (Å²) in [7, 11) is 0. The number of amides is 3. The Kier molecular flexibility index (Phi) is 5.90. The number of hydrogen-bond donors (Lipinski definition) is 0. The van der Waals surface area contributed by atoms with Gasteiger partial charge >= 0.3 is 5.97 Å². The van der Waals surface area contributed by atoms with E-state index in [4.69, 9.17) is 16.3 Å². The summed E-state index contributed by atoms with van der Waals surface area (Å²) in [5, 5.41) is 0.515. The molecule has 3 fully saturated rings. The highest BCUT2D eigenvalue weighted by Crippen LogP contribution is 2.41. The summed E-state index contributed by atoms with van der Waals surface area (Å²) in [5.41, 5.74) is 1.86. The summed E-state index contributed by atoms with van der Waals surface area (Å²) in [6.45, 7) is 2.00. The van der Waals surface area contributed by atoms with Crippen molar-refractivity contribution in [3.05, 3.63) is 53.1 Å². The summed E-state index contributed by atoms with van der Waals surface area (Å²) >= 11 is 6.03. The molecule has 176 valence electrons. The van der Waals surface area contributed by atoms with Gasteiger partial charge in [-0.3, -0.25) is 19.2 Å². The van der Waals surface area contributed by atoms with Crippen LogP contribution in [-0.2, 0) is 19.2 Å². The van der Waals surface area contributed by atoms with E-state index in [1.165, 1.54) is 9.80 Å². The number of carbonyl (C=O) groups is 4. The van der Waals surface area contributed by atoms with Gasteiger partial charge in [0.05, 0.1) is 23.4 Å². The second kappa shape index (κ2) is 8.87. The molecule has 5 rings (SSSR count). The van der Waals surface area contributed by atoms with E-state index in [1.807, 2.05) is 0 Å². The van der Waals surface area contributed by atoms with Crippen molar-refractivity contribution in [1.29, 1.82) is 0 Å². The van der Waals surface area contributed by atoms with Gasteiger partial charge in [-0.2, -0.15) is 0 Å². The number of rotatable bonds is 4. The molecule has 0 aromatic heterocycles. The van der Waals surface area contributed by atoms with Gasteiger partial charge in [-0.05, 0) is 61.7 Å². The number of hydrogen-bond acceptors (Lipinski definition) is 5. The number of aryl methyl sites for hydroxylation is 1. The molecular formula is C26H25ClN2O5. The van der Waals surface area contributed by atoms with Crippen LogP contribution in [0.4, 0.5) is 11.4 Å². The highest BCUT2D eigenvalue weighted by molar-refractivity contribution is 6.31. The molecule has 0 spiro atoms. The molecule has 34 heavy (non-hydrogen) atoms. The first-order chi connectivity index (χ1) is 16.3. The molecule has 2 heterocycles. The molecular weight excluding hydrogens is 456 g/mol. The minimum Gasteiger partial charge on any atom is -0.426 e. The van der Waals surface area contributed by atoms with E-state index < -0.39 is 11.9 Å². The predicted octanol–water partition coefficient (Wildman–Crippen LogP) is 4.29. The lowest BCUT2D eigenvalue weighted by molar-refractivity contribution is -0.139. The van der Waals surface area contributed by atoms with Crippen molar-refractivity contribution in [2.24, 2.45) is 17.8 Å². The maximum atomic E-state index is 12.9. The SMILES string of the molecule is Cc1cc(OC(=O)[C@@H]2CC(=O)N(c3cccc(Cl)c3)C2)ccc1N1C(=O)[C@H]2CCCC[C@H]2C1=O. The summed E-state index contributed by atoms with van der Waals surface area (Å²) in [5.74, 6) is -1.65. The van der Waals surface area contributed by atoms with Crippen LogP contribution in [0.5, 0.6) is 5.75 Å². The van der Waals surface area contributed by atoms with E-state index in [1.54, 1.807) is 49.4 Å². The lowest BCUT2D eigenvalue weighted by Crippen LogP contribution is -2.31. The van der Waals surface area contributed by atoms with Crippen LogP contribution in [0.2, 0.25) is 5.02 Å². The monoisotopic (exact) mass is 480 g/mol. The number of imide groups is 1. The van der Waals surface area contributed by atoms with Crippen molar-refractivity contribution in [2.45, 2.75) is 39.0 Å². The van der Waals surface area contributed by atoms with E-state index in [2.05, 4.69) is 0 Å². The average Bonchev–Trinajstić information content (AvgIpc) is 3.32. The third-order valence-electron chi connectivity index (χ3n) is 7.05. The van der Waals surface area contributed by atoms with Gasteiger partial charge in [0.2, 0.25) is 17.7 Å². The van der Waals surface area contributed by atoms with E-state index in [-0.39, 0.29) is 42.5 Å². The number of benzene rings is 2. The molecule has 3 aliphatic rings. The molecule has 3 amide bonds. The van der Waals surface area contributed by atoms with E-state index in [0.717, 1.165) is 25.7 Å². The van der Waals surface area contributed by atoms with Crippen LogP contribution in [0.1, 0.15) is 37.7 Å². The number of fused-ring (bicyclic) bond motifs is 1. The maximum Gasteiger partial charge on any atom is 0.316 e. The highest BCUT2D eigenvalue weighted by Gasteiger charge is 2.49. The van der Waals surface area contributed by atoms with Gasteiger partial charge in [-0.1, -0.05) is 30.5 Å². The Hall–Kier alpha value is -3.19. The topological polar surface area (TPSA) is 84.0 Å². The fraction of sp³-hybridized carbons (Fsp3) is 0.385. The third-order valence-corrected chi connectivity index (χ3v) is 7.28. The van der Waals surface area contributed by atoms with Gasteiger partial charge in [-0.15, -0.1) is 0 Å². The first-order valence-electron chi connectivity index (χ1n) is 11.6. The summed E-state index contributed by atoms with van der Waals surface area (Å²) in [4.78, 5) is 53.9. The van der Waals surface area contributed by atoms with E-state index >= 15 is 0 Å². The van der Waals surface area contributed by atoms with E-state index in [0.29, 0.717) is 27.7 Å².